The molecule has 29 heavy (non-hydrogen) atoms. The van der Waals surface area contributed by atoms with E-state index in [4.69, 9.17) is 4.42 Å². The molecule has 2 aromatic heterocycles. The fourth-order valence-electron chi connectivity index (χ4n) is 3.14. The highest BCUT2D eigenvalue weighted by atomic mass is 19.4. The van der Waals surface area contributed by atoms with Crippen molar-refractivity contribution in [2.45, 2.75) is 32.5 Å². The summed E-state index contributed by atoms with van der Waals surface area (Å²) in [5.41, 5.74) is 0. The van der Waals surface area contributed by atoms with E-state index in [9.17, 15) is 13.2 Å². The van der Waals surface area contributed by atoms with Gasteiger partial charge in [-0.05, 0) is 26.0 Å². The van der Waals surface area contributed by atoms with Crippen LogP contribution >= 0.6 is 0 Å². The average Bonchev–Trinajstić information content (AvgIpc) is 3.38. The normalized spacial score (nSPS) is 17.6. The molecule has 160 valence electrons. The van der Waals surface area contributed by atoms with E-state index in [2.05, 4.69) is 25.5 Å². The van der Waals surface area contributed by atoms with Gasteiger partial charge in [0.15, 0.2) is 11.7 Å². The van der Waals surface area contributed by atoms with Crippen molar-refractivity contribution in [2.75, 3.05) is 39.3 Å². The Bertz CT molecular complexity index is 780. The lowest BCUT2D eigenvalue weighted by molar-refractivity contribution is -0.181. The van der Waals surface area contributed by atoms with Gasteiger partial charge in [0, 0.05) is 45.7 Å². The van der Waals surface area contributed by atoms with Crippen molar-refractivity contribution >= 4 is 5.96 Å². The molecule has 3 rings (SSSR count). The number of aromatic amines is 1. The summed E-state index contributed by atoms with van der Waals surface area (Å²) in [5.74, 6) is 2.49. The molecule has 0 aliphatic carbocycles. The molecule has 1 fully saturated rings. The van der Waals surface area contributed by atoms with Crippen LogP contribution in [0, 0.1) is 0 Å². The lowest BCUT2D eigenvalue weighted by Gasteiger charge is -2.39. The van der Waals surface area contributed by atoms with Crippen LogP contribution in [0.1, 0.15) is 19.7 Å². The summed E-state index contributed by atoms with van der Waals surface area (Å²) >= 11 is 0. The summed E-state index contributed by atoms with van der Waals surface area (Å²) < 4.78 is 44.0. The van der Waals surface area contributed by atoms with Crippen LogP contribution in [0.2, 0.25) is 0 Å². The van der Waals surface area contributed by atoms with Crippen molar-refractivity contribution in [3.05, 3.63) is 24.2 Å². The second kappa shape index (κ2) is 9.29. The molecule has 0 bridgehead atoms. The second-order valence-corrected chi connectivity index (χ2v) is 6.81. The summed E-state index contributed by atoms with van der Waals surface area (Å²) in [6.07, 6.45) is -2.08. The van der Waals surface area contributed by atoms with Gasteiger partial charge in [0.05, 0.1) is 6.26 Å². The number of rotatable bonds is 6. The Morgan fingerprint density at radius 3 is 2.72 bits per heavy atom. The number of H-pyrrole nitrogens is 1. The number of nitrogens with one attached hydrogen (secondary N) is 2. The Morgan fingerprint density at radius 2 is 2.10 bits per heavy atom. The summed E-state index contributed by atoms with van der Waals surface area (Å²) in [6.45, 7) is 6.03. The maximum Gasteiger partial charge on any atom is 0.403 e. The topological polar surface area (TPSA) is 85.6 Å². The molecule has 0 saturated carbocycles. The molecule has 0 aromatic carbocycles. The Kier molecular flexibility index (Phi) is 6.78. The zero-order chi connectivity index (χ0) is 20.9. The van der Waals surface area contributed by atoms with Crippen LogP contribution < -0.4 is 5.32 Å². The van der Waals surface area contributed by atoms with Crippen LogP contribution in [-0.4, -0.2) is 82.4 Å². The molecule has 1 unspecified atom stereocenters. The molecule has 8 nitrogen and oxygen atoms in total. The first-order valence-corrected chi connectivity index (χ1v) is 9.67. The van der Waals surface area contributed by atoms with Crippen LogP contribution in [-0.2, 0) is 6.42 Å². The maximum atomic E-state index is 12.9. The minimum Gasteiger partial charge on any atom is -0.461 e. The second-order valence-electron chi connectivity index (χ2n) is 6.81. The molecule has 0 spiro atoms. The first kappa shape index (κ1) is 21.2. The van der Waals surface area contributed by atoms with Gasteiger partial charge in [-0.1, -0.05) is 0 Å². The van der Waals surface area contributed by atoms with Crippen molar-refractivity contribution in [3.63, 3.8) is 0 Å². The Balaban J connectivity index is 1.54. The molecule has 1 aliphatic rings. The number of hydrogen-bond donors (Lipinski definition) is 2. The van der Waals surface area contributed by atoms with Gasteiger partial charge in [0.1, 0.15) is 11.9 Å². The molecular formula is C18H26F3N7O. The number of alkyl halides is 3. The van der Waals surface area contributed by atoms with Gasteiger partial charge >= 0.3 is 6.18 Å². The molecule has 2 N–H and O–H groups in total. The highest BCUT2D eigenvalue weighted by Gasteiger charge is 2.41. The van der Waals surface area contributed by atoms with Gasteiger partial charge in [0.2, 0.25) is 5.82 Å². The molecule has 0 amide bonds. The predicted octanol–water partition coefficient (Wildman–Crippen LogP) is 2.14. The van der Waals surface area contributed by atoms with Crippen molar-refractivity contribution in [2.24, 2.45) is 4.99 Å². The van der Waals surface area contributed by atoms with Gasteiger partial charge < -0.3 is 14.6 Å². The fraction of sp³-hybridized carbons (Fsp3) is 0.611. The molecule has 2 aromatic rings. The third-order valence-electron chi connectivity index (χ3n) is 4.85. The standard InChI is InChI=1S/C18H26F3N7O/c1-3-22-17(28-10-8-27(9-11-28)13(2)18(19,20)21)23-7-6-15-24-16(26-25-15)14-5-4-12-29-14/h4-5,12-13H,3,6-11H2,1-2H3,(H,22,23)(H,24,25,26). The molecule has 1 atom stereocenters. The Morgan fingerprint density at radius 1 is 1.34 bits per heavy atom. The van der Waals surface area contributed by atoms with E-state index < -0.39 is 12.2 Å². The number of halogens is 3. The van der Waals surface area contributed by atoms with Gasteiger partial charge in [-0.25, -0.2) is 4.98 Å². The van der Waals surface area contributed by atoms with E-state index in [1.807, 2.05) is 11.8 Å². The summed E-state index contributed by atoms with van der Waals surface area (Å²) in [5, 5.41) is 10.2. The van der Waals surface area contributed by atoms with E-state index in [0.717, 1.165) is 0 Å². The highest BCUT2D eigenvalue weighted by molar-refractivity contribution is 5.80. The quantitative estimate of drug-likeness (QED) is 0.558. The molecule has 1 saturated heterocycles. The lowest BCUT2D eigenvalue weighted by Crippen LogP contribution is -2.56. The van der Waals surface area contributed by atoms with Crippen LogP contribution in [0.15, 0.2) is 27.8 Å². The third kappa shape index (κ3) is 5.49. The third-order valence-corrected chi connectivity index (χ3v) is 4.85. The van der Waals surface area contributed by atoms with Crippen LogP contribution in [0.25, 0.3) is 11.6 Å². The number of furan rings is 1. The minimum absolute atomic E-state index is 0.347. The molecule has 0 radical (unpaired) electrons. The van der Waals surface area contributed by atoms with E-state index in [1.165, 1.54) is 11.8 Å². The summed E-state index contributed by atoms with van der Waals surface area (Å²) in [6, 6.07) is 2.13. The molecule has 3 heterocycles. The van der Waals surface area contributed by atoms with E-state index >= 15 is 0 Å². The number of aliphatic imine (C=N–C) groups is 1. The monoisotopic (exact) mass is 413 g/mol. The van der Waals surface area contributed by atoms with Crippen molar-refractivity contribution in [1.82, 2.24) is 30.3 Å². The van der Waals surface area contributed by atoms with Gasteiger partial charge in [-0.3, -0.25) is 15.0 Å². The Hall–Kier alpha value is -2.56. The van der Waals surface area contributed by atoms with Gasteiger partial charge in [-0.2, -0.15) is 18.3 Å². The summed E-state index contributed by atoms with van der Waals surface area (Å²) in [4.78, 5) is 12.4. The zero-order valence-corrected chi connectivity index (χ0v) is 16.5. The Labute approximate surface area is 167 Å². The maximum absolute atomic E-state index is 12.9. The highest BCUT2D eigenvalue weighted by Crippen LogP contribution is 2.25. The van der Waals surface area contributed by atoms with Crippen LogP contribution in [0.3, 0.4) is 0 Å². The molecule has 1 aliphatic heterocycles. The summed E-state index contributed by atoms with van der Waals surface area (Å²) in [7, 11) is 0. The van der Waals surface area contributed by atoms with Gasteiger partial charge in [-0.15, -0.1) is 0 Å². The molecule has 11 heteroatoms. The number of hydrogen-bond acceptors (Lipinski definition) is 5. The van der Waals surface area contributed by atoms with E-state index in [-0.39, 0.29) is 0 Å². The number of guanidine groups is 1. The van der Waals surface area contributed by atoms with Gasteiger partial charge in [0.25, 0.3) is 0 Å². The lowest BCUT2D eigenvalue weighted by atomic mass is 10.2. The molecular weight excluding hydrogens is 387 g/mol. The fourth-order valence-corrected chi connectivity index (χ4v) is 3.14. The first-order chi connectivity index (χ1) is 13.9. The predicted molar refractivity (Wildman–Crippen MR) is 102 cm³/mol. The SMILES string of the molecule is CCNC(=NCCc1nc(-c2ccco2)n[nH]1)N1CCN(C(C)C(F)(F)F)CC1. The van der Waals surface area contributed by atoms with E-state index in [0.29, 0.717) is 69.1 Å². The number of aromatic nitrogens is 3. The minimum atomic E-state index is -4.20. The average molecular weight is 413 g/mol. The van der Waals surface area contributed by atoms with Crippen molar-refractivity contribution in [3.8, 4) is 11.6 Å². The van der Waals surface area contributed by atoms with Crippen LogP contribution in [0.4, 0.5) is 13.2 Å². The van der Waals surface area contributed by atoms with Crippen LogP contribution in [0.5, 0.6) is 0 Å². The van der Waals surface area contributed by atoms with E-state index in [1.54, 1.807) is 18.4 Å². The zero-order valence-electron chi connectivity index (χ0n) is 16.5. The van der Waals surface area contributed by atoms with Crippen molar-refractivity contribution in [1.29, 1.82) is 0 Å². The number of piperazine rings is 1. The number of nitrogens with zero attached hydrogens (tertiary/aromatic N) is 5. The first-order valence-electron chi connectivity index (χ1n) is 9.67. The smallest absolute Gasteiger partial charge is 0.403 e. The van der Waals surface area contributed by atoms with Crippen molar-refractivity contribution < 1.29 is 17.6 Å². The largest absolute Gasteiger partial charge is 0.461 e.